The molecule has 5 heterocycles. The molecule has 0 saturated carbocycles. The quantitative estimate of drug-likeness (QED) is 0.485. The highest BCUT2D eigenvalue weighted by molar-refractivity contribution is 7.18. The van der Waals surface area contributed by atoms with E-state index in [1.165, 1.54) is 15.8 Å². The van der Waals surface area contributed by atoms with Gasteiger partial charge in [0.05, 0.1) is 36.2 Å². The number of thiophene rings is 1. The van der Waals surface area contributed by atoms with Gasteiger partial charge in [-0.1, -0.05) is 12.1 Å². The minimum atomic E-state index is 0.462. The Hall–Kier alpha value is -2.55. The number of nitrogens with one attached hydrogen (secondary N) is 1. The third-order valence-electron chi connectivity index (χ3n) is 7.11. The van der Waals surface area contributed by atoms with Crippen LogP contribution in [0.5, 0.6) is 0 Å². The Morgan fingerprint density at radius 3 is 2.61 bits per heavy atom. The van der Waals surface area contributed by atoms with Crippen LogP contribution in [0.15, 0.2) is 24.3 Å². The van der Waals surface area contributed by atoms with Crippen LogP contribution in [0.3, 0.4) is 0 Å². The summed E-state index contributed by atoms with van der Waals surface area (Å²) in [4.78, 5) is 25.9. The zero-order chi connectivity index (χ0) is 22.4. The Bertz CT molecular complexity index is 1250. The van der Waals surface area contributed by atoms with Crippen LogP contribution in [-0.4, -0.2) is 64.2 Å². The Balaban J connectivity index is 1.27. The van der Waals surface area contributed by atoms with E-state index in [0.717, 1.165) is 92.1 Å². The lowest BCUT2D eigenvalue weighted by atomic mass is 9.96. The molecule has 2 saturated heterocycles. The van der Waals surface area contributed by atoms with Gasteiger partial charge < -0.3 is 14.6 Å². The molecule has 2 aliphatic rings. The fourth-order valence-corrected chi connectivity index (χ4v) is 6.10. The van der Waals surface area contributed by atoms with Crippen molar-refractivity contribution in [2.45, 2.75) is 39.2 Å². The van der Waals surface area contributed by atoms with Gasteiger partial charge >= 0.3 is 0 Å². The molecule has 0 unspecified atom stereocenters. The highest BCUT2D eigenvalue weighted by atomic mass is 32.1. The zero-order valence-electron chi connectivity index (χ0n) is 19.3. The number of aryl methyl sites for hydroxylation is 2. The number of H-pyrrole nitrogens is 1. The largest absolute Gasteiger partial charge is 0.379 e. The first-order valence-electron chi connectivity index (χ1n) is 11.9. The third kappa shape index (κ3) is 4.00. The summed E-state index contributed by atoms with van der Waals surface area (Å²) >= 11 is 1.80. The SMILES string of the molecule is Cc1sc2nc(CN3CCOCC3)nc(N3CCC(c4nc5ccccc5[nH]4)CC3)c2c1C. The van der Waals surface area contributed by atoms with E-state index in [-0.39, 0.29) is 0 Å². The van der Waals surface area contributed by atoms with Crippen molar-refractivity contribution >= 4 is 38.4 Å². The van der Waals surface area contributed by atoms with Crippen LogP contribution >= 0.6 is 11.3 Å². The lowest BCUT2D eigenvalue weighted by Gasteiger charge is -2.33. The van der Waals surface area contributed by atoms with Crippen LogP contribution in [-0.2, 0) is 11.3 Å². The van der Waals surface area contributed by atoms with Crippen LogP contribution in [0.2, 0.25) is 0 Å². The number of aromatic nitrogens is 4. The van der Waals surface area contributed by atoms with Gasteiger partial charge in [0, 0.05) is 37.0 Å². The maximum Gasteiger partial charge on any atom is 0.146 e. The van der Waals surface area contributed by atoms with Crippen molar-refractivity contribution in [1.82, 2.24) is 24.8 Å². The standard InChI is InChI=1S/C25H30N6OS/c1-16-17(2)33-25-22(16)24(28-21(29-25)15-30-11-13-32-14-12-30)31-9-7-18(8-10-31)23-26-19-5-3-4-6-20(19)27-23/h3-6,18H,7-15H2,1-2H3,(H,26,27). The molecule has 0 aliphatic carbocycles. The second-order valence-electron chi connectivity index (χ2n) is 9.22. The second kappa shape index (κ2) is 8.66. The van der Waals surface area contributed by atoms with E-state index in [0.29, 0.717) is 5.92 Å². The van der Waals surface area contributed by atoms with Crippen LogP contribution in [0.25, 0.3) is 21.3 Å². The number of hydrogen-bond donors (Lipinski definition) is 1. The van der Waals surface area contributed by atoms with Crippen LogP contribution in [0, 0.1) is 13.8 Å². The highest BCUT2D eigenvalue weighted by Gasteiger charge is 2.27. The minimum Gasteiger partial charge on any atom is -0.379 e. The molecule has 3 aromatic heterocycles. The summed E-state index contributed by atoms with van der Waals surface area (Å²) in [5.41, 5.74) is 3.51. The second-order valence-corrected chi connectivity index (χ2v) is 10.4. The van der Waals surface area contributed by atoms with E-state index in [1.54, 1.807) is 11.3 Å². The molecular weight excluding hydrogens is 432 g/mol. The van der Waals surface area contributed by atoms with Gasteiger partial charge in [-0.15, -0.1) is 11.3 Å². The molecule has 0 atom stereocenters. The predicted molar refractivity (Wildman–Crippen MR) is 133 cm³/mol. The summed E-state index contributed by atoms with van der Waals surface area (Å²) < 4.78 is 5.52. The van der Waals surface area contributed by atoms with Crippen molar-refractivity contribution < 1.29 is 4.74 Å². The normalized spacial score (nSPS) is 18.5. The van der Waals surface area contributed by atoms with Crippen LogP contribution in [0.1, 0.15) is 40.8 Å². The van der Waals surface area contributed by atoms with Gasteiger partial charge in [-0.05, 0) is 44.4 Å². The summed E-state index contributed by atoms with van der Waals surface area (Å²) in [6.45, 7) is 10.6. The molecule has 0 bridgehead atoms. The predicted octanol–water partition coefficient (Wildman–Crippen LogP) is 4.40. The topological polar surface area (TPSA) is 70.2 Å². The van der Waals surface area contributed by atoms with Crippen molar-refractivity contribution in [2.75, 3.05) is 44.3 Å². The number of nitrogens with zero attached hydrogens (tertiary/aromatic N) is 5. The molecule has 6 rings (SSSR count). The van der Waals surface area contributed by atoms with Crippen molar-refractivity contribution in [1.29, 1.82) is 0 Å². The first-order valence-corrected chi connectivity index (χ1v) is 12.7. The van der Waals surface area contributed by atoms with Gasteiger partial charge in [-0.2, -0.15) is 0 Å². The number of aromatic amines is 1. The summed E-state index contributed by atoms with van der Waals surface area (Å²) in [5, 5.41) is 1.24. The molecule has 4 aromatic rings. The van der Waals surface area contributed by atoms with Crippen LogP contribution < -0.4 is 4.90 Å². The Morgan fingerprint density at radius 2 is 1.82 bits per heavy atom. The van der Waals surface area contributed by atoms with Crippen molar-refractivity contribution in [3.05, 3.63) is 46.4 Å². The van der Waals surface area contributed by atoms with Gasteiger partial charge in [0.1, 0.15) is 22.3 Å². The molecule has 1 aromatic carbocycles. The molecule has 0 amide bonds. The molecule has 0 spiro atoms. The van der Waals surface area contributed by atoms with E-state index in [9.17, 15) is 0 Å². The van der Waals surface area contributed by atoms with E-state index in [1.807, 2.05) is 0 Å². The number of fused-ring (bicyclic) bond motifs is 2. The van der Waals surface area contributed by atoms with E-state index in [2.05, 4.69) is 52.9 Å². The summed E-state index contributed by atoms with van der Waals surface area (Å²) in [6, 6.07) is 8.30. The number of para-hydroxylation sites is 2. The number of hydrogen-bond acceptors (Lipinski definition) is 7. The molecular formula is C25H30N6OS. The fourth-order valence-electron chi connectivity index (χ4n) is 5.06. The van der Waals surface area contributed by atoms with Crippen LogP contribution in [0.4, 0.5) is 5.82 Å². The van der Waals surface area contributed by atoms with E-state index >= 15 is 0 Å². The molecule has 2 aliphatic heterocycles. The zero-order valence-corrected chi connectivity index (χ0v) is 20.1. The minimum absolute atomic E-state index is 0.462. The van der Waals surface area contributed by atoms with Crippen molar-refractivity contribution in [2.24, 2.45) is 0 Å². The Kier molecular flexibility index (Phi) is 5.52. The number of ether oxygens (including phenoxy) is 1. The first-order chi connectivity index (χ1) is 16.2. The number of morpholine rings is 1. The number of rotatable bonds is 4. The van der Waals surface area contributed by atoms with Gasteiger partial charge in [-0.25, -0.2) is 15.0 Å². The van der Waals surface area contributed by atoms with Gasteiger partial charge in [0.25, 0.3) is 0 Å². The van der Waals surface area contributed by atoms with E-state index in [4.69, 9.17) is 19.7 Å². The number of piperidine rings is 1. The monoisotopic (exact) mass is 462 g/mol. The Labute approximate surface area is 197 Å². The maximum absolute atomic E-state index is 5.52. The van der Waals surface area contributed by atoms with Gasteiger partial charge in [0.2, 0.25) is 0 Å². The van der Waals surface area contributed by atoms with Gasteiger partial charge in [-0.3, -0.25) is 4.90 Å². The molecule has 1 N–H and O–H groups in total. The fraction of sp³-hybridized carbons (Fsp3) is 0.480. The lowest BCUT2D eigenvalue weighted by Crippen LogP contribution is -2.37. The Morgan fingerprint density at radius 1 is 1.03 bits per heavy atom. The maximum atomic E-state index is 5.52. The number of benzene rings is 1. The average Bonchev–Trinajstić information content (AvgIpc) is 3.40. The number of anilines is 1. The van der Waals surface area contributed by atoms with Gasteiger partial charge in [0.15, 0.2) is 0 Å². The average molecular weight is 463 g/mol. The third-order valence-corrected chi connectivity index (χ3v) is 8.21. The number of imidazole rings is 1. The lowest BCUT2D eigenvalue weighted by molar-refractivity contribution is 0.0331. The molecule has 0 radical (unpaired) electrons. The highest BCUT2D eigenvalue weighted by Crippen LogP contribution is 2.37. The van der Waals surface area contributed by atoms with Crippen molar-refractivity contribution in [3.8, 4) is 0 Å². The smallest absolute Gasteiger partial charge is 0.146 e. The molecule has 8 heteroatoms. The first kappa shape index (κ1) is 21.0. The summed E-state index contributed by atoms with van der Waals surface area (Å²) in [5.74, 6) is 3.64. The summed E-state index contributed by atoms with van der Waals surface area (Å²) in [6.07, 6.45) is 2.15. The molecule has 172 valence electrons. The molecule has 7 nitrogen and oxygen atoms in total. The molecule has 33 heavy (non-hydrogen) atoms. The summed E-state index contributed by atoms with van der Waals surface area (Å²) in [7, 11) is 0. The van der Waals surface area contributed by atoms with E-state index < -0.39 is 0 Å². The molecule has 2 fully saturated rings. The van der Waals surface area contributed by atoms with Crippen molar-refractivity contribution in [3.63, 3.8) is 0 Å².